The van der Waals surface area contributed by atoms with Crippen molar-refractivity contribution in [1.29, 1.82) is 0 Å². The van der Waals surface area contributed by atoms with E-state index in [1.807, 2.05) is 24.6 Å². The van der Waals surface area contributed by atoms with Crippen molar-refractivity contribution in [1.82, 2.24) is 0 Å². The van der Waals surface area contributed by atoms with Crippen LogP contribution in [0.25, 0.3) is 0 Å². The fourth-order valence-corrected chi connectivity index (χ4v) is 1.12. The second-order valence-electron chi connectivity index (χ2n) is 2.21. The highest BCUT2D eigenvalue weighted by Gasteiger charge is 2.10. The van der Waals surface area contributed by atoms with E-state index in [2.05, 4.69) is 15.9 Å². The summed E-state index contributed by atoms with van der Waals surface area (Å²) in [6.45, 7) is 1.98. The standard InChI is InChI=1S/C7H8BrNO.HI/c1-5-3-4-6(10)7(8)9(5)2;/h3-4H,1-2H3;1H. The van der Waals surface area contributed by atoms with E-state index in [4.69, 9.17) is 5.11 Å². The molecule has 1 aromatic rings. The maximum absolute atomic E-state index is 9.16. The quantitative estimate of drug-likeness (QED) is 0.342. The summed E-state index contributed by atoms with van der Waals surface area (Å²) in [7, 11) is 1.89. The van der Waals surface area contributed by atoms with Crippen LogP contribution in [0.4, 0.5) is 0 Å². The molecule has 2 nitrogen and oxygen atoms in total. The van der Waals surface area contributed by atoms with Gasteiger partial charge in [0.1, 0.15) is 7.05 Å². The molecule has 0 atom stereocenters. The highest BCUT2D eigenvalue weighted by Crippen LogP contribution is 2.17. The lowest BCUT2D eigenvalue weighted by Gasteiger charge is -1.96. The summed E-state index contributed by atoms with van der Waals surface area (Å²) in [5.41, 5.74) is 1.10. The molecule has 0 saturated carbocycles. The molecule has 11 heavy (non-hydrogen) atoms. The number of pyridine rings is 1. The minimum atomic E-state index is 0. The average Bonchev–Trinajstić information content (AvgIpc) is 1.93. The maximum atomic E-state index is 9.16. The van der Waals surface area contributed by atoms with Crippen LogP contribution in [0.2, 0.25) is 0 Å². The lowest BCUT2D eigenvalue weighted by Crippen LogP contribution is -3.00. The fraction of sp³-hybridized carbons (Fsp3) is 0.286. The molecular weight excluding hydrogens is 321 g/mol. The summed E-state index contributed by atoms with van der Waals surface area (Å²) in [6.07, 6.45) is 0. The molecule has 0 aliphatic carbocycles. The minimum absolute atomic E-state index is 0. The van der Waals surface area contributed by atoms with Gasteiger partial charge < -0.3 is 29.1 Å². The molecule has 1 N–H and O–H groups in total. The van der Waals surface area contributed by atoms with Crippen molar-refractivity contribution in [3.05, 3.63) is 22.4 Å². The highest BCUT2D eigenvalue weighted by molar-refractivity contribution is 9.10. The second kappa shape index (κ2) is 4.25. The number of nitrogens with zero attached hydrogens (tertiary/aromatic N) is 1. The van der Waals surface area contributed by atoms with Crippen molar-refractivity contribution < 1.29 is 33.7 Å². The monoisotopic (exact) mass is 329 g/mol. The van der Waals surface area contributed by atoms with Gasteiger partial charge in [-0.3, -0.25) is 0 Å². The van der Waals surface area contributed by atoms with Crippen LogP contribution < -0.4 is 28.5 Å². The van der Waals surface area contributed by atoms with Crippen molar-refractivity contribution in [3.63, 3.8) is 0 Å². The Morgan fingerprint density at radius 2 is 2.00 bits per heavy atom. The maximum Gasteiger partial charge on any atom is 0.289 e. The summed E-state index contributed by atoms with van der Waals surface area (Å²) < 4.78 is 2.59. The van der Waals surface area contributed by atoms with Crippen LogP contribution in [-0.4, -0.2) is 5.11 Å². The number of aromatic hydroxyl groups is 1. The van der Waals surface area contributed by atoms with Gasteiger partial charge in [-0.1, -0.05) is 0 Å². The third-order valence-corrected chi connectivity index (χ3v) is 2.46. The van der Waals surface area contributed by atoms with E-state index in [9.17, 15) is 0 Å². The molecule has 1 rings (SSSR count). The molecule has 62 valence electrons. The van der Waals surface area contributed by atoms with E-state index >= 15 is 0 Å². The molecule has 1 heterocycles. The minimum Gasteiger partial charge on any atom is -1.00 e. The third-order valence-electron chi connectivity index (χ3n) is 1.52. The van der Waals surface area contributed by atoms with Gasteiger partial charge in [-0.15, -0.1) is 0 Å². The van der Waals surface area contributed by atoms with Crippen LogP contribution in [0, 0.1) is 6.92 Å². The van der Waals surface area contributed by atoms with Crippen molar-refractivity contribution in [2.75, 3.05) is 0 Å². The van der Waals surface area contributed by atoms with Crippen LogP contribution in [0.1, 0.15) is 5.69 Å². The molecule has 4 heteroatoms. The van der Waals surface area contributed by atoms with Crippen molar-refractivity contribution >= 4 is 15.9 Å². The van der Waals surface area contributed by atoms with Crippen LogP contribution in [-0.2, 0) is 7.05 Å². The summed E-state index contributed by atoms with van der Waals surface area (Å²) in [4.78, 5) is 0. The Morgan fingerprint density at radius 3 is 2.45 bits per heavy atom. The zero-order valence-corrected chi connectivity index (χ0v) is 10.0. The van der Waals surface area contributed by atoms with Crippen LogP contribution in [0.15, 0.2) is 16.7 Å². The van der Waals surface area contributed by atoms with E-state index in [1.165, 1.54) is 0 Å². The van der Waals surface area contributed by atoms with E-state index in [0.717, 1.165) is 5.69 Å². The zero-order chi connectivity index (χ0) is 7.72. The first-order valence-electron chi connectivity index (χ1n) is 2.97. The van der Waals surface area contributed by atoms with Gasteiger partial charge in [0.2, 0.25) is 0 Å². The summed E-state index contributed by atoms with van der Waals surface area (Å²) in [5, 5.41) is 9.16. The van der Waals surface area contributed by atoms with E-state index in [-0.39, 0.29) is 29.7 Å². The first-order valence-corrected chi connectivity index (χ1v) is 3.76. The van der Waals surface area contributed by atoms with Crippen LogP contribution in [0.3, 0.4) is 0 Å². The topological polar surface area (TPSA) is 24.1 Å². The van der Waals surface area contributed by atoms with Crippen molar-refractivity contribution in [2.24, 2.45) is 7.05 Å². The normalized spacial score (nSPS) is 9.00. The Kier molecular flexibility index (Phi) is 4.31. The first kappa shape index (κ1) is 11.2. The smallest absolute Gasteiger partial charge is 0.289 e. The Balaban J connectivity index is 0.000001000. The molecule has 0 aliphatic rings. The Bertz CT molecular complexity index is 238. The lowest BCUT2D eigenvalue weighted by molar-refractivity contribution is -0.689. The largest absolute Gasteiger partial charge is 1.00 e. The number of aromatic nitrogens is 1. The number of hydrogen-bond acceptors (Lipinski definition) is 1. The molecule has 0 bridgehead atoms. The van der Waals surface area contributed by atoms with E-state index < -0.39 is 0 Å². The summed E-state index contributed by atoms with van der Waals surface area (Å²) in [5.74, 6) is 0.271. The summed E-state index contributed by atoms with van der Waals surface area (Å²) in [6, 6.07) is 3.53. The Labute approximate surface area is 91.4 Å². The number of aryl methyl sites for hydroxylation is 1. The van der Waals surface area contributed by atoms with Gasteiger partial charge in [0.25, 0.3) is 4.60 Å². The molecule has 0 fully saturated rings. The molecule has 0 spiro atoms. The van der Waals surface area contributed by atoms with Crippen molar-refractivity contribution in [2.45, 2.75) is 6.92 Å². The van der Waals surface area contributed by atoms with E-state index in [0.29, 0.717) is 4.60 Å². The molecule has 0 amide bonds. The third kappa shape index (κ3) is 2.30. The molecule has 0 aliphatic heterocycles. The number of halogens is 2. The SMILES string of the molecule is Cc1ccc(O)c(Br)[n+]1C.[I-]. The van der Waals surface area contributed by atoms with Crippen molar-refractivity contribution in [3.8, 4) is 5.75 Å². The van der Waals surface area contributed by atoms with Gasteiger partial charge in [0, 0.05) is 28.9 Å². The number of rotatable bonds is 0. The predicted molar refractivity (Wildman–Crippen MR) is 41.7 cm³/mol. The molecule has 0 aromatic carbocycles. The van der Waals surface area contributed by atoms with Gasteiger partial charge in [0.05, 0.1) is 0 Å². The lowest BCUT2D eigenvalue weighted by atomic mass is 10.3. The zero-order valence-electron chi connectivity index (χ0n) is 6.31. The van der Waals surface area contributed by atoms with Gasteiger partial charge in [-0.25, -0.2) is 0 Å². The van der Waals surface area contributed by atoms with Gasteiger partial charge >= 0.3 is 0 Å². The molecule has 1 aromatic heterocycles. The summed E-state index contributed by atoms with van der Waals surface area (Å²) >= 11 is 3.24. The molecule has 0 saturated heterocycles. The molecule has 0 unspecified atom stereocenters. The Morgan fingerprint density at radius 1 is 1.45 bits per heavy atom. The number of hydrogen-bond donors (Lipinski definition) is 1. The van der Waals surface area contributed by atoms with E-state index in [1.54, 1.807) is 6.07 Å². The fourth-order valence-electron chi connectivity index (χ4n) is 0.707. The van der Waals surface area contributed by atoms with Crippen LogP contribution in [0.5, 0.6) is 5.75 Å². The predicted octanol–water partition coefficient (Wildman–Crippen LogP) is -1.71. The molecule has 0 radical (unpaired) electrons. The van der Waals surface area contributed by atoms with Gasteiger partial charge in [0.15, 0.2) is 11.4 Å². The molecular formula is C7H9BrINO. The van der Waals surface area contributed by atoms with Gasteiger partial charge in [-0.2, -0.15) is 4.57 Å². The highest BCUT2D eigenvalue weighted by atomic mass is 127. The van der Waals surface area contributed by atoms with Gasteiger partial charge in [-0.05, 0) is 6.07 Å². The Hall–Kier alpha value is 0.160. The van der Waals surface area contributed by atoms with Crippen LogP contribution >= 0.6 is 15.9 Å². The first-order chi connectivity index (χ1) is 4.63. The second-order valence-corrected chi connectivity index (χ2v) is 2.96. The average molecular weight is 330 g/mol.